The third-order valence-corrected chi connectivity index (χ3v) is 6.32. The van der Waals surface area contributed by atoms with E-state index in [4.69, 9.17) is 5.73 Å². The van der Waals surface area contributed by atoms with Crippen LogP contribution in [0.3, 0.4) is 0 Å². The van der Waals surface area contributed by atoms with Crippen molar-refractivity contribution >= 4 is 22.4 Å². The van der Waals surface area contributed by atoms with Crippen LogP contribution < -0.4 is 11.1 Å². The molecule has 0 aromatic carbocycles. The van der Waals surface area contributed by atoms with Gasteiger partial charge < -0.3 is 11.1 Å². The minimum atomic E-state index is 0.117. The highest BCUT2D eigenvalue weighted by Gasteiger charge is 2.40. The summed E-state index contributed by atoms with van der Waals surface area (Å²) in [6, 6.07) is 0.315. The van der Waals surface area contributed by atoms with Crippen molar-refractivity contribution in [1.29, 1.82) is 0 Å². The average molecular weight is 307 g/mol. The van der Waals surface area contributed by atoms with Crippen LogP contribution in [0, 0.1) is 17.8 Å². The first-order valence-corrected chi connectivity index (χ1v) is 8.88. The van der Waals surface area contributed by atoms with Crippen LogP contribution in [0.2, 0.25) is 0 Å². The molecule has 0 aliphatic heterocycles. The lowest BCUT2D eigenvalue weighted by molar-refractivity contribution is -0.122. The Morgan fingerprint density at radius 3 is 2.62 bits per heavy atom. The molecule has 0 spiro atoms. The van der Waals surface area contributed by atoms with E-state index in [9.17, 15) is 4.79 Å². The molecule has 1 heterocycles. The number of rotatable bonds is 3. The van der Waals surface area contributed by atoms with Crippen LogP contribution in [-0.4, -0.2) is 16.9 Å². The first-order chi connectivity index (χ1) is 10.0. The van der Waals surface area contributed by atoms with Gasteiger partial charge in [0.1, 0.15) is 0 Å². The molecule has 2 bridgehead atoms. The van der Waals surface area contributed by atoms with Gasteiger partial charge in [0.25, 0.3) is 0 Å². The summed E-state index contributed by atoms with van der Waals surface area (Å²) >= 11 is 1.59. The number of hydrogen-bond acceptors (Lipinski definition) is 4. The van der Waals surface area contributed by atoms with E-state index in [0.717, 1.165) is 18.0 Å². The zero-order valence-corrected chi connectivity index (χ0v) is 13.7. The van der Waals surface area contributed by atoms with Crippen LogP contribution in [-0.2, 0) is 4.79 Å². The minimum absolute atomic E-state index is 0.117. The second-order valence-corrected chi connectivity index (χ2v) is 7.97. The van der Waals surface area contributed by atoms with Crippen LogP contribution >= 0.6 is 11.3 Å². The van der Waals surface area contributed by atoms with Crippen LogP contribution in [0.5, 0.6) is 0 Å². The molecule has 2 fully saturated rings. The zero-order valence-electron chi connectivity index (χ0n) is 12.8. The number of carbonyl (C=O) groups excluding carboxylic acids is 1. The van der Waals surface area contributed by atoms with Gasteiger partial charge in [0, 0.05) is 23.0 Å². The van der Waals surface area contributed by atoms with Gasteiger partial charge in [0.2, 0.25) is 5.91 Å². The summed E-state index contributed by atoms with van der Waals surface area (Å²) in [6.45, 7) is 4.28. The van der Waals surface area contributed by atoms with Crippen molar-refractivity contribution in [2.45, 2.75) is 57.9 Å². The summed E-state index contributed by atoms with van der Waals surface area (Å²) in [7, 11) is 0. The normalized spacial score (nSPS) is 32.2. The van der Waals surface area contributed by atoms with Gasteiger partial charge in [-0.1, -0.05) is 20.3 Å². The zero-order chi connectivity index (χ0) is 15.0. The highest BCUT2D eigenvalue weighted by atomic mass is 32.1. The predicted octanol–water partition coefficient (Wildman–Crippen LogP) is 3.36. The fourth-order valence-electron chi connectivity index (χ4n) is 3.82. The van der Waals surface area contributed by atoms with Crippen molar-refractivity contribution in [3.05, 3.63) is 11.1 Å². The number of aromatic nitrogens is 1. The Balaban J connectivity index is 1.63. The molecule has 0 saturated heterocycles. The maximum absolute atomic E-state index is 12.5. The molecular formula is C16H25N3OS. The molecule has 1 amide bonds. The van der Waals surface area contributed by atoms with E-state index in [0.29, 0.717) is 23.8 Å². The summed E-state index contributed by atoms with van der Waals surface area (Å²) in [4.78, 5) is 18.0. The van der Waals surface area contributed by atoms with Crippen molar-refractivity contribution in [3.63, 3.8) is 0 Å². The molecule has 5 heteroatoms. The number of hydrogen-bond donors (Lipinski definition) is 2. The van der Waals surface area contributed by atoms with Crippen molar-refractivity contribution < 1.29 is 4.79 Å². The number of nitrogens with one attached hydrogen (secondary N) is 1. The highest BCUT2D eigenvalue weighted by Crippen LogP contribution is 2.42. The lowest BCUT2D eigenvalue weighted by Crippen LogP contribution is -2.48. The SMILES string of the molecule is CC(C)c1cnc(NC(=O)C2CC3CCCC(C2)C3N)s1. The van der Waals surface area contributed by atoms with Gasteiger partial charge in [-0.2, -0.15) is 0 Å². The van der Waals surface area contributed by atoms with Crippen molar-refractivity contribution in [2.75, 3.05) is 5.32 Å². The molecule has 3 N–H and O–H groups in total. The molecular weight excluding hydrogens is 282 g/mol. The number of thiazole rings is 1. The van der Waals surface area contributed by atoms with Crippen LogP contribution in [0.25, 0.3) is 0 Å². The lowest BCUT2D eigenvalue weighted by atomic mass is 9.65. The van der Waals surface area contributed by atoms with Crippen LogP contribution in [0.15, 0.2) is 6.20 Å². The molecule has 2 atom stereocenters. The van der Waals surface area contributed by atoms with Crippen molar-refractivity contribution in [1.82, 2.24) is 4.98 Å². The minimum Gasteiger partial charge on any atom is -0.327 e. The highest BCUT2D eigenvalue weighted by molar-refractivity contribution is 7.15. The van der Waals surface area contributed by atoms with E-state index in [1.54, 1.807) is 11.3 Å². The molecule has 2 aliphatic carbocycles. The fraction of sp³-hybridized carbons (Fsp3) is 0.750. The average Bonchev–Trinajstić information content (AvgIpc) is 2.87. The van der Waals surface area contributed by atoms with Gasteiger partial charge in [-0.25, -0.2) is 4.98 Å². The molecule has 1 aromatic rings. The van der Waals surface area contributed by atoms with Gasteiger partial charge in [0.05, 0.1) is 0 Å². The molecule has 2 aliphatic rings. The smallest absolute Gasteiger partial charge is 0.229 e. The Morgan fingerprint density at radius 1 is 1.38 bits per heavy atom. The van der Waals surface area contributed by atoms with E-state index in [1.165, 1.54) is 24.1 Å². The van der Waals surface area contributed by atoms with Gasteiger partial charge >= 0.3 is 0 Å². The Hall–Kier alpha value is -0.940. The quantitative estimate of drug-likeness (QED) is 0.899. The number of fused-ring (bicyclic) bond motifs is 2. The Kier molecular flexibility index (Phi) is 4.31. The van der Waals surface area contributed by atoms with Crippen LogP contribution in [0.1, 0.15) is 56.7 Å². The standard InChI is InChI=1S/C16H25N3OS/c1-9(2)13-8-18-16(21-13)19-15(20)12-6-10-4-3-5-11(7-12)14(10)17/h8-12,14H,3-7,17H2,1-2H3,(H,18,19,20). The van der Waals surface area contributed by atoms with Gasteiger partial charge in [-0.3, -0.25) is 4.79 Å². The number of nitrogens with zero attached hydrogens (tertiary/aromatic N) is 1. The van der Waals surface area contributed by atoms with E-state index in [1.807, 2.05) is 6.20 Å². The number of carbonyl (C=O) groups is 1. The van der Waals surface area contributed by atoms with E-state index < -0.39 is 0 Å². The van der Waals surface area contributed by atoms with Crippen molar-refractivity contribution in [3.8, 4) is 0 Å². The third-order valence-electron chi connectivity index (χ3n) is 5.11. The third kappa shape index (κ3) is 3.14. The van der Waals surface area contributed by atoms with Gasteiger partial charge in [0.15, 0.2) is 5.13 Å². The summed E-state index contributed by atoms with van der Waals surface area (Å²) in [6.07, 6.45) is 7.43. The lowest BCUT2D eigenvalue weighted by Gasteiger charge is -2.43. The largest absolute Gasteiger partial charge is 0.327 e. The molecule has 4 nitrogen and oxygen atoms in total. The molecule has 2 unspecified atom stereocenters. The van der Waals surface area contributed by atoms with E-state index in [2.05, 4.69) is 24.1 Å². The molecule has 3 rings (SSSR count). The summed E-state index contributed by atoms with van der Waals surface area (Å²) in [5, 5.41) is 3.76. The first-order valence-electron chi connectivity index (χ1n) is 8.06. The maximum Gasteiger partial charge on any atom is 0.229 e. The van der Waals surface area contributed by atoms with E-state index >= 15 is 0 Å². The second kappa shape index (κ2) is 6.05. The monoisotopic (exact) mass is 307 g/mol. The summed E-state index contributed by atoms with van der Waals surface area (Å²) in [5.41, 5.74) is 6.29. The number of amides is 1. The molecule has 116 valence electrons. The summed E-state index contributed by atoms with van der Waals surface area (Å²) in [5.74, 6) is 1.79. The first kappa shape index (κ1) is 15.0. The molecule has 2 saturated carbocycles. The van der Waals surface area contributed by atoms with Crippen LogP contribution in [0.4, 0.5) is 5.13 Å². The number of anilines is 1. The summed E-state index contributed by atoms with van der Waals surface area (Å²) < 4.78 is 0. The number of nitrogens with two attached hydrogens (primary N) is 1. The van der Waals surface area contributed by atoms with E-state index in [-0.39, 0.29) is 11.8 Å². The van der Waals surface area contributed by atoms with Gasteiger partial charge in [-0.15, -0.1) is 11.3 Å². The second-order valence-electron chi connectivity index (χ2n) is 6.91. The Bertz CT molecular complexity index is 499. The topological polar surface area (TPSA) is 68.0 Å². The Labute approximate surface area is 130 Å². The van der Waals surface area contributed by atoms with Crippen molar-refractivity contribution in [2.24, 2.45) is 23.5 Å². The fourth-order valence-corrected chi connectivity index (χ4v) is 4.64. The molecule has 21 heavy (non-hydrogen) atoms. The molecule has 1 aromatic heterocycles. The van der Waals surface area contributed by atoms with Gasteiger partial charge in [-0.05, 0) is 43.4 Å². The Morgan fingerprint density at radius 2 is 2.05 bits per heavy atom. The maximum atomic E-state index is 12.5. The molecule has 0 radical (unpaired) electrons. The predicted molar refractivity (Wildman–Crippen MR) is 86.4 cm³/mol.